The Bertz CT molecular complexity index is 1320. The van der Waals surface area contributed by atoms with Crippen molar-refractivity contribution in [2.45, 2.75) is 22.6 Å². The zero-order chi connectivity index (χ0) is 25.0. The molecule has 182 valence electrons. The molecule has 6 nitrogen and oxygen atoms in total. The van der Waals surface area contributed by atoms with Crippen LogP contribution in [0.4, 0.5) is 5.69 Å². The smallest absolute Gasteiger partial charge is 0.243 e. The third-order valence-corrected chi connectivity index (χ3v) is 8.93. The Morgan fingerprint density at radius 1 is 0.971 bits per heavy atom. The second kappa shape index (κ2) is 11.0. The number of sulfonamides is 1. The number of ketones is 1. The molecule has 9 heteroatoms. The fourth-order valence-electron chi connectivity index (χ4n) is 4.05. The highest BCUT2D eigenvalue weighted by atomic mass is 35.5. The molecule has 35 heavy (non-hydrogen) atoms. The van der Waals surface area contributed by atoms with Crippen LogP contribution in [0.5, 0.6) is 0 Å². The van der Waals surface area contributed by atoms with Gasteiger partial charge in [-0.1, -0.05) is 41.9 Å². The number of rotatable bonds is 7. The lowest BCUT2D eigenvalue weighted by Crippen LogP contribution is -2.41. The van der Waals surface area contributed by atoms with Gasteiger partial charge in [-0.05, 0) is 61.6 Å². The van der Waals surface area contributed by atoms with Crippen LogP contribution in [0, 0.1) is 5.92 Å². The predicted molar refractivity (Wildman–Crippen MR) is 140 cm³/mol. The SMILES string of the molecule is CSc1ccc(S(=O)(=O)N2CCC(C(=O)Nc3ccc(Cl)cc3C(=O)c3ccccc3)CC2)cc1. The molecule has 0 unspecified atom stereocenters. The Morgan fingerprint density at radius 3 is 2.26 bits per heavy atom. The maximum Gasteiger partial charge on any atom is 0.243 e. The molecule has 1 aliphatic rings. The van der Waals surface area contributed by atoms with Crippen LogP contribution in [0.3, 0.4) is 0 Å². The van der Waals surface area contributed by atoms with Crippen molar-refractivity contribution >= 4 is 50.8 Å². The van der Waals surface area contributed by atoms with Gasteiger partial charge in [0.15, 0.2) is 5.78 Å². The van der Waals surface area contributed by atoms with Gasteiger partial charge in [0, 0.05) is 40.1 Å². The number of carbonyl (C=O) groups is 2. The highest BCUT2D eigenvalue weighted by molar-refractivity contribution is 7.98. The number of thioether (sulfide) groups is 1. The summed E-state index contributed by atoms with van der Waals surface area (Å²) in [6.45, 7) is 0.502. The molecule has 0 atom stereocenters. The number of carbonyl (C=O) groups excluding carboxylic acids is 2. The zero-order valence-corrected chi connectivity index (χ0v) is 21.5. The van der Waals surface area contributed by atoms with E-state index in [1.54, 1.807) is 78.5 Å². The van der Waals surface area contributed by atoms with Gasteiger partial charge in [0.2, 0.25) is 15.9 Å². The van der Waals surface area contributed by atoms with Gasteiger partial charge >= 0.3 is 0 Å². The number of nitrogens with zero attached hydrogens (tertiary/aromatic N) is 1. The van der Waals surface area contributed by atoms with Gasteiger partial charge in [-0.3, -0.25) is 9.59 Å². The normalized spacial score (nSPS) is 15.0. The summed E-state index contributed by atoms with van der Waals surface area (Å²) >= 11 is 7.68. The second-order valence-corrected chi connectivity index (χ2v) is 11.5. The van der Waals surface area contributed by atoms with Crippen molar-refractivity contribution < 1.29 is 18.0 Å². The van der Waals surface area contributed by atoms with Crippen LogP contribution in [-0.2, 0) is 14.8 Å². The number of nitrogens with one attached hydrogen (secondary N) is 1. The van der Waals surface area contributed by atoms with Gasteiger partial charge in [-0.15, -0.1) is 11.8 Å². The Hall–Kier alpha value is -2.65. The first-order chi connectivity index (χ1) is 16.8. The van der Waals surface area contributed by atoms with Crippen molar-refractivity contribution in [1.29, 1.82) is 0 Å². The third-order valence-electron chi connectivity index (χ3n) is 6.04. The zero-order valence-electron chi connectivity index (χ0n) is 19.1. The largest absolute Gasteiger partial charge is 0.325 e. The molecule has 0 bridgehead atoms. The topological polar surface area (TPSA) is 83.6 Å². The Labute approximate surface area is 214 Å². The lowest BCUT2D eigenvalue weighted by molar-refractivity contribution is -0.120. The Balaban J connectivity index is 1.44. The Morgan fingerprint density at radius 2 is 1.63 bits per heavy atom. The van der Waals surface area contributed by atoms with Crippen LogP contribution in [0.15, 0.2) is 82.6 Å². The highest BCUT2D eigenvalue weighted by Crippen LogP contribution is 2.28. The van der Waals surface area contributed by atoms with Gasteiger partial charge < -0.3 is 5.32 Å². The van der Waals surface area contributed by atoms with Crippen molar-refractivity contribution in [2.24, 2.45) is 5.92 Å². The minimum atomic E-state index is -3.62. The molecular formula is C26H25ClN2O4S2. The van der Waals surface area contributed by atoms with Crippen LogP contribution in [0.2, 0.25) is 5.02 Å². The first-order valence-corrected chi connectivity index (χ1v) is 14.2. The van der Waals surface area contributed by atoms with Crippen LogP contribution in [0.25, 0.3) is 0 Å². The molecule has 1 aliphatic heterocycles. The van der Waals surface area contributed by atoms with Crippen molar-refractivity contribution in [3.8, 4) is 0 Å². The number of halogens is 1. The highest BCUT2D eigenvalue weighted by Gasteiger charge is 2.32. The van der Waals surface area contributed by atoms with E-state index in [9.17, 15) is 18.0 Å². The second-order valence-electron chi connectivity index (χ2n) is 8.23. The summed E-state index contributed by atoms with van der Waals surface area (Å²) in [5.74, 6) is -0.844. The molecule has 0 spiro atoms. The van der Waals surface area contributed by atoms with E-state index in [4.69, 9.17) is 11.6 Å². The maximum atomic E-state index is 13.0. The van der Waals surface area contributed by atoms with Gasteiger partial charge in [-0.25, -0.2) is 8.42 Å². The van der Waals surface area contributed by atoms with Crippen molar-refractivity contribution in [2.75, 3.05) is 24.7 Å². The minimum absolute atomic E-state index is 0.239. The first-order valence-electron chi connectivity index (χ1n) is 11.1. The molecule has 1 N–H and O–H groups in total. The van der Waals surface area contributed by atoms with E-state index < -0.39 is 10.0 Å². The average Bonchev–Trinajstić information content (AvgIpc) is 2.89. The number of hydrogen-bond acceptors (Lipinski definition) is 5. The molecular weight excluding hydrogens is 504 g/mol. The van der Waals surface area contributed by atoms with Crippen molar-refractivity contribution in [1.82, 2.24) is 4.31 Å². The van der Waals surface area contributed by atoms with Gasteiger partial charge in [0.25, 0.3) is 0 Å². The summed E-state index contributed by atoms with van der Waals surface area (Å²) in [5.41, 5.74) is 1.19. The number of hydrogen-bond donors (Lipinski definition) is 1. The van der Waals surface area contributed by atoms with Crippen LogP contribution < -0.4 is 5.32 Å². The number of benzene rings is 3. The molecule has 3 aromatic carbocycles. The lowest BCUT2D eigenvalue weighted by Gasteiger charge is -2.30. The molecule has 1 heterocycles. The minimum Gasteiger partial charge on any atom is -0.325 e. The molecule has 0 saturated carbocycles. The third kappa shape index (κ3) is 5.78. The predicted octanol–water partition coefficient (Wildman–Crippen LogP) is 5.33. The van der Waals surface area contributed by atoms with E-state index in [2.05, 4.69) is 5.32 Å². The van der Waals surface area contributed by atoms with E-state index in [-0.39, 0.29) is 35.6 Å². The number of anilines is 1. The fourth-order valence-corrected chi connectivity index (χ4v) is 6.10. The molecule has 1 fully saturated rings. The van der Waals surface area contributed by atoms with Gasteiger partial charge in [-0.2, -0.15) is 4.31 Å². The number of piperidine rings is 1. The molecule has 0 radical (unpaired) electrons. The van der Waals surface area contributed by atoms with Gasteiger partial charge in [0.1, 0.15) is 0 Å². The van der Waals surface area contributed by atoms with Crippen molar-refractivity contribution in [3.63, 3.8) is 0 Å². The average molecular weight is 529 g/mol. The van der Waals surface area contributed by atoms with E-state index in [1.807, 2.05) is 12.3 Å². The standard InChI is InChI=1S/C26H25ClN2O4S2/c1-34-21-8-10-22(11-9-21)35(32,33)29-15-13-19(14-16-29)26(31)28-24-12-7-20(27)17-23(24)25(30)18-5-3-2-4-6-18/h2-12,17,19H,13-16H2,1H3,(H,28,31). The van der Waals surface area contributed by atoms with E-state index in [0.717, 1.165) is 4.90 Å². The fraction of sp³-hybridized carbons (Fsp3) is 0.231. The lowest BCUT2D eigenvalue weighted by atomic mass is 9.96. The molecule has 0 aromatic heterocycles. The Kier molecular flexibility index (Phi) is 7.96. The van der Waals surface area contributed by atoms with E-state index in [1.165, 1.54) is 4.31 Å². The van der Waals surface area contributed by atoms with E-state index >= 15 is 0 Å². The summed E-state index contributed by atoms with van der Waals surface area (Å²) in [6.07, 6.45) is 2.72. The van der Waals surface area contributed by atoms with E-state index in [0.29, 0.717) is 34.7 Å². The molecule has 1 saturated heterocycles. The molecule has 0 aliphatic carbocycles. The quantitative estimate of drug-likeness (QED) is 0.331. The summed E-state index contributed by atoms with van der Waals surface area (Å²) in [4.78, 5) is 27.3. The summed E-state index contributed by atoms with van der Waals surface area (Å²) in [6, 6.07) is 20.4. The molecule has 1 amide bonds. The summed E-state index contributed by atoms with van der Waals surface area (Å²) in [7, 11) is -3.62. The van der Waals surface area contributed by atoms with Crippen LogP contribution >= 0.6 is 23.4 Å². The first kappa shape index (κ1) is 25.4. The monoisotopic (exact) mass is 528 g/mol. The number of amides is 1. The maximum absolute atomic E-state index is 13.0. The van der Waals surface area contributed by atoms with Gasteiger partial charge in [0.05, 0.1) is 10.6 Å². The molecule has 4 rings (SSSR count). The summed E-state index contributed by atoms with van der Waals surface area (Å²) in [5, 5.41) is 3.26. The summed E-state index contributed by atoms with van der Waals surface area (Å²) < 4.78 is 27.4. The molecule has 3 aromatic rings. The van der Waals surface area contributed by atoms with Crippen LogP contribution in [-0.4, -0.2) is 43.8 Å². The van der Waals surface area contributed by atoms with Crippen molar-refractivity contribution in [3.05, 3.63) is 88.9 Å². The van der Waals surface area contributed by atoms with Crippen LogP contribution in [0.1, 0.15) is 28.8 Å².